The Morgan fingerprint density at radius 3 is 2.83 bits per heavy atom. The molecule has 0 N–H and O–H groups in total. The van der Waals surface area contributed by atoms with Crippen molar-refractivity contribution in [2.75, 3.05) is 13.2 Å². The molecule has 0 amide bonds. The molecule has 0 radical (unpaired) electrons. The topological polar surface area (TPSA) is 87.9 Å². The number of ether oxygens (including phenoxy) is 2. The molecule has 2 heterocycles. The van der Waals surface area contributed by atoms with Crippen LogP contribution in [0.4, 0.5) is 0 Å². The van der Waals surface area contributed by atoms with Crippen LogP contribution >= 0.6 is 11.8 Å². The summed E-state index contributed by atoms with van der Waals surface area (Å²) in [4.78, 5) is 26.4. The van der Waals surface area contributed by atoms with Gasteiger partial charge in [0.15, 0.2) is 11.2 Å². The fourth-order valence-corrected chi connectivity index (χ4v) is 3.34. The molecule has 2 rings (SSSR count). The van der Waals surface area contributed by atoms with Gasteiger partial charge in [-0.1, -0.05) is 18.7 Å². The Morgan fingerprint density at radius 2 is 2.17 bits per heavy atom. The van der Waals surface area contributed by atoms with E-state index >= 15 is 0 Å². The molecule has 2 unspecified atom stereocenters. The van der Waals surface area contributed by atoms with E-state index in [0.29, 0.717) is 13.0 Å². The van der Waals surface area contributed by atoms with Gasteiger partial charge in [-0.05, 0) is 6.42 Å². The molecule has 0 saturated carbocycles. The van der Waals surface area contributed by atoms with E-state index in [1.807, 2.05) is 6.92 Å². The number of nitrogens with zero attached hydrogens (tertiary/aromatic N) is 1. The summed E-state index contributed by atoms with van der Waals surface area (Å²) in [6.45, 7) is 2.45. The first kappa shape index (κ1) is 13.6. The van der Waals surface area contributed by atoms with Gasteiger partial charge in [0, 0.05) is 6.42 Å². The standard InChI is InChI=1S/C10H15NO6S/c1-2-3-8(12)18-7-5-16-9-6(17-11(13)14)4-15-10(7)9/h6-7,9-10H,2-5H2,1H3/t6-,7+,9?,10?/m1/s1. The maximum Gasteiger partial charge on any atom is 0.294 e. The number of hydrogen-bond acceptors (Lipinski definition) is 7. The molecule has 18 heavy (non-hydrogen) atoms. The van der Waals surface area contributed by atoms with E-state index in [1.54, 1.807) is 0 Å². The van der Waals surface area contributed by atoms with E-state index < -0.39 is 17.3 Å². The van der Waals surface area contributed by atoms with Gasteiger partial charge in [-0.2, -0.15) is 0 Å². The molecule has 102 valence electrons. The van der Waals surface area contributed by atoms with Crippen molar-refractivity contribution in [3.8, 4) is 0 Å². The molecule has 2 aliphatic heterocycles. The SMILES string of the molecule is CCCC(=O)S[C@H]1COC2C1OC[C@H]2O[N+](=O)[O-]. The summed E-state index contributed by atoms with van der Waals surface area (Å²) in [6, 6.07) is 0. The van der Waals surface area contributed by atoms with Gasteiger partial charge in [0.05, 0.1) is 18.5 Å². The van der Waals surface area contributed by atoms with Crippen LogP contribution in [0, 0.1) is 10.1 Å². The first-order valence-corrected chi connectivity index (χ1v) is 6.73. The smallest absolute Gasteiger partial charge is 0.294 e. The van der Waals surface area contributed by atoms with Crippen molar-refractivity contribution >= 4 is 16.9 Å². The Balaban J connectivity index is 1.88. The highest BCUT2D eigenvalue weighted by molar-refractivity contribution is 8.14. The molecule has 7 nitrogen and oxygen atoms in total. The highest BCUT2D eigenvalue weighted by Gasteiger charge is 2.50. The Labute approximate surface area is 108 Å². The summed E-state index contributed by atoms with van der Waals surface area (Å²) in [5.74, 6) is 0. The first-order valence-electron chi connectivity index (χ1n) is 5.85. The van der Waals surface area contributed by atoms with Crippen LogP contribution in [0.5, 0.6) is 0 Å². The predicted molar refractivity (Wildman–Crippen MR) is 62.6 cm³/mol. The second kappa shape index (κ2) is 5.85. The third-order valence-electron chi connectivity index (χ3n) is 2.92. The lowest BCUT2D eigenvalue weighted by molar-refractivity contribution is -0.769. The molecule has 0 aliphatic carbocycles. The van der Waals surface area contributed by atoms with Gasteiger partial charge in [-0.3, -0.25) is 4.79 Å². The van der Waals surface area contributed by atoms with Crippen LogP contribution in [-0.2, 0) is 19.1 Å². The van der Waals surface area contributed by atoms with Crippen LogP contribution in [0.2, 0.25) is 0 Å². The van der Waals surface area contributed by atoms with Gasteiger partial charge in [-0.15, -0.1) is 10.1 Å². The second-order valence-electron chi connectivity index (χ2n) is 4.24. The van der Waals surface area contributed by atoms with Crippen LogP contribution in [-0.4, -0.2) is 47.0 Å². The number of rotatable bonds is 5. The van der Waals surface area contributed by atoms with Gasteiger partial charge in [0.2, 0.25) is 0 Å². The Hall–Kier alpha value is -0.860. The third-order valence-corrected chi connectivity index (χ3v) is 4.10. The molecule has 8 heteroatoms. The van der Waals surface area contributed by atoms with Crippen LogP contribution in [0.25, 0.3) is 0 Å². The molecule has 0 aromatic heterocycles. The van der Waals surface area contributed by atoms with Crippen LogP contribution < -0.4 is 0 Å². The zero-order valence-electron chi connectivity index (χ0n) is 9.94. The Bertz CT molecular complexity index is 338. The molecule has 2 aliphatic rings. The molecule has 4 atom stereocenters. The summed E-state index contributed by atoms with van der Waals surface area (Å²) in [5.41, 5.74) is 0. The molecule has 0 aromatic rings. The zero-order valence-corrected chi connectivity index (χ0v) is 10.8. The molecular formula is C10H15NO6S. The summed E-state index contributed by atoms with van der Waals surface area (Å²) in [6.07, 6.45) is -0.0885. The molecule has 0 spiro atoms. The van der Waals surface area contributed by atoms with E-state index in [1.165, 1.54) is 11.8 Å². The second-order valence-corrected chi connectivity index (χ2v) is 5.54. The van der Waals surface area contributed by atoms with Crippen LogP contribution in [0.3, 0.4) is 0 Å². The van der Waals surface area contributed by atoms with E-state index in [9.17, 15) is 14.9 Å². The minimum Gasteiger partial charge on any atom is -0.372 e. The molecular weight excluding hydrogens is 262 g/mol. The average molecular weight is 277 g/mol. The molecule has 0 bridgehead atoms. The third kappa shape index (κ3) is 2.93. The molecule has 2 saturated heterocycles. The highest BCUT2D eigenvalue weighted by Crippen LogP contribution is 2.35. The fourth-order valence-electron chi connectivity index (χ4n) is 2.16. The number of carbonyl (C=O) groups excluding carboxylic acids is 1. The predicted octanol–water partition coefficient (Wildman–Crippen LogP) is 0.789. The quantitative estimate of drug-likeness (QED) is 0.542. The first-order chi connectivity index (χ1) is 8.61. The number of carbonyl (C=O) groups is 1. The van der Waals surface area contributed by atoms with Crippen molar-refractivity contribution in [2.45, 2.75) is 43.3 Å². The van der Waals surface area contributed by atoms with E-state index in [-0.39, 0.29) is 23.1 Å². The monoisotopic (exact) mass is 277 g/mol. The van der Waals surface area contributed by atoms with Gasteiger partial charge in [-0.25, -0.2) is 0 Å². The normalized spacial score (nSPS) is 34.3. The van der Waals surface area contributed by atoms with E-state index in [2.05, 4.69) is 4.84 Å². The summed E-state index contributed by atoms with van der Waals surface area (Å²) < 4.78 is 10.9. The maximum atomic E-state index is 11.6. The van der Waals surface area contributed by atoms with Crippen LogP contribution in [0.15, 0.2) is 0 Å². The van der Waals surface area contributed by atoms with Crippen LogP contribution in [0.1, 0.15) is 19.8 Å². The van der Waals surface area contributed by atoms with Crippen molar-refractivity contribution in [1.82, 2.24) is 0 Å². The van der Waals surface area contributed by atoms with Crippen molar-refractivity contribution < 1.29 is 24.2 Å². The van der Waals surface area contributed by atoms with Gasteiger partial charge >= 0.3 is 0 Å². The average Bonchev–Trinajstić information content (AvgIpc) is 2.83. The summed E-state index contributed by atoms with van der Waals surface area (Å²) >= 11 is 1.21. The van der Waals surface area contributed by atoms with Crippen molar-refractivity contribution in [2.24, 2.45) is 0 Å². The Morgan fingerprint density at radius 1 is 1.44 bits per heavy atom. The van der Waals surface area contributed by atoms with Gasteiger partial charge < -0.3 is 14.3 Å². The maximum absolute atomic E-state index is 11.6. The lowest BCUT2D eigenvalue weighted by Gasteiger charge is -2.14. The fraction of sp³-hybridized carbons (Fsp3) is 0.900. The number of thioether (sulfide) groups is 1. The molecule has 0 aromatic carbocycles. The van der Waals surface area contributed by atoms with E-state index in [0.717, 1.165) is 6.42 Å². The number of fused-ring (bicyclic) bond motifs is 1. The van der Waals surface area contributed by atoms with Crippen molar-refractivity contribution in [1.29, 1.82) is 0 Å². The van der Waals surface area contributed by atoms with Gasteiger partial charge in [0.1, 0.15) is 12.2 Å². The van der Waals surface area contributed by atoms with E-state index in [4.69, 9.17) is 9.47 Å². The minimum atomic E-state index is -0.831. The number of hydrogen-bond donors (Lipinski definition) is 0. The lowest BCUT2D eigenvalue weighted by atomic mass is 10.1. The minimum absolute atomic E-state index is 0.0885. The lowest BCUT2D eigenvalue weighted by Crippen LogP contribution is -2.33. The van der Waals surface area contributed by atoms with Gasteiger partial charge in [0.25, 0.3) is 5.09 Å². The Kier molecular flexibility index (Phi) is 4.41. The highest BCUT2D eigenvalue weighted by atomic mass is 32.2. The van der Waals surface area contributed by atoms with Crippen molar-refractivity contribution in [3.05, 3.63) is 10.1 Å². The largest absolute Gasteiger partial charge is 0.372 e. The van der Waals surface area contributed by atoms with Crippen molar-refractivity contribution in [3.63, 3.8) is 0 Å². The summed E-state index contributed by atoms with van der Waals surface area (Å²) in [5, 5.41) is 9.49. The summed E-state index contributed by atoms with van der Waals surface area (Å²) in [7, 11) is 0. The molecule has 2 fully saturated rings. The zero-order chi connectivity index (χ0) is 13.1.